The van der Waals surface area contributed by atoms with Crippen LogP contribution in [0.5, 0.6) is 0 Å². The van der Waals surface area contributed by atoms with Gasteiger partial charge in [0.1, 0.15) is 5.76 Å². The predicted molar refractivity (Wildman–Crippen MR) is 76.8 cm³/mol. The van der Waals surface area contributed by atoms with Crippen LogP contribution >= 0.6 is 0 Å². The molecular weight excluding hydrogens is 268 g/mol. The molecule has 2 aromatic heterocycles. The summed E-state index contributed by atoms with van der Waals surface area (Å²) in [7, 11) is 1.68. The Bertz CT molecular complexity index is 663. The number of aryl methyl sites for hydroxylation is 1. The van der Waals surface area contributed by atoms with Gasteiger partial charge in [0.05, 0.1) is 6.61 Å². The lowest BCUT2D eigenvalue weighted by Crippen LogP contribution is -2.36. The zero-order valence-corrected chi connectivity index (χ0v) is 12.3. The number of rotatable bonds is 3. The van der Waals surface area contributed by atoms with Crippen molar-refractivity contribution < 1.29 is 13.9 Å². The van der Waals surface area contributed by atoms with Crippen LogP contribution in [0.25, 0.3) is 0 Å². The zero-order valence-electron chi connectivity index (χ0n) is 12.3. The summed E-state index contributed by atoms with van der Waals surface area (Å²) in [4.78, 5) is 18.5. The molecule has 0 atom stereocenters. The number of amides is 1. The van der Waals surface area contributed by atoms with Gasteiger partial charge in [0.15, 0.2) is 5.76 Å². The lowest BCUT2D eigenvalue weighted by molar-refractivity contribution is 0.0700. The summed E-state index contributed by atoms with van der Waals surface area (Å²) in [5.74, 6) is 1.09. The van der Waals surface area contributed by atoms with Gasteiger partial charge in [-0.05, 0) is 42.2 Å². The molecule has 0 aliphatic carbocycles. The number of methoxy groups -OCH3 is 1. The molecule has 0 radical (unpaired) electrons. The molecule has 3 heterocycles. The van der Waals surface area contributed by atoms with Gasteiger partial charge in [0, 0.05) is 32.6 Å². The molecule has 0 saturated carbocycles. The van der Waals surface area contributed by atoms with Crippen LogP contribution in [0.15, 0.2) is 28.9 Å². The number of hydrogen-bond acceptors (Lipinski definition) is 4. The van der Waals surface area contributed by atoms with Crippen LogP contribution < -0.4 is 0 Å². The second kappa shape index (κ2) is 5.69. The molecule has 5 heteroatoms. The van der Waals surface area contributed by atoms with E-state index in [1.165, 1.54) is 5.56 Å². The maximum absolute atomic E-state index is 12.4. The highest BCUT2D eigenvalue weighted by atomic mass is 16.5. The van der Waals surface area contributed by atoms with Crippen molar-refractivity contribution in [3.8, 4) is 0 Å². The Morgan fingerprint density at radius 3 is 3.00 bits per heavy atom. The lowest BCUT2D eigenvalue weighted by atomic mass is 9.97. The van der Waals surface area contributed by atoms with E-state index in [4.69, 9.17) is 9.15 Å². The standard InChI is InChI=1S/C16H18N2O3/c1-11-3-4-15(21-11)16(19)18-6-5-14-12(9-18)7-17-8-13(14)10-20-2/h3-4,7-8H,5-6,9-10H2,1-2H3. The molecule has 0 fully saturated rings. The molecule has 2 aromatic rings. The summed E-state index contributed by atoms with van der Waals surface area (Å²) in [6.45, 7) is 3.65. The van der Waals surface area contributed by atoms with E-state index in [1.807, 2.05) is 25.4 Å². The number of aromatic nitrogens is 1. The number of ether oxygens (including phenoxy) is 1. The van der Waals surface area contributed by atoms with Crippen LogP contribution in [0.4, 0.5) is 0 Å². The SMILES string of the molecule is COCc1cncc2c1CCN(C(=O)c1ccc(C)o1)C2. The fraction of sp³-hybridized carbons (Fsp3) is 0.375. The minimum Gasteiger partial charge on any atom is -0.456 e. The summed E-state index contributed by atoms with van der Waals surface area (Å²) < 4.78 is 10.6. The van der Waals surface area contributed by atoms with Crippen molar-refractivity contribution in [2.45, 2.75) is 26.5 Å². The largest absolute Gasteiger partial charge is 0.456 e. The van der Waals surface area contributed by atoms with E-state index in [-0.39, 0.29) is 5.91 Å². The van der Waals surface area contributed by atoms with E-state index in [1.54, 1.807) is 18.1 Å². The molecule has 1 aliphatic rings. The van der Waals surface area contributed by atoms with Crippen LogP contribution in [0, 0.1) is 6.92 Å². The van der Waals surface area contributed by atoms with Gasteiger partial charge in [-0.1, -0.05) is 0 Å². The summed E-state index contributed by atoms with van der Waals surface area (Å²) in [5.41, 5.74) is 3.45. The van der Waals surface area contributed by atoms with E-state index in [2.05, 4.69) is 4.98 Å². The summed E-state index contributed by atoms with van der Waals surface area (Å²) in [5, 5.41) is 0. The van der Waals surface area contributed by atoms with Gasteiger partial charge >= 0.3 is 0 Å². The zero-order chi connectivity index (χ0) is 14.8. The minimum atomic E-state index is -0.0640. The Balaban J connectivity index is 1.81. The quantitative estimate of drug-likeness (QED) is 0.869. The van der Waals surface area contributed by atoms with Gasteiger partial charge in [-0.15, -0.1) is 0 Å². The third-order valence-electron chi connectivity index (χ3n) is 3.77. The molecule has 21 heavy (non-hydrogen) atoms. The molecule has 0 bridgehead atoms. The topological polar surface area (TPSA) is 55.6 Å². The van der Waals surface area contributed by atoms with Crippen molar-refractivity contribution in [1.29, 1.82) is 0 Å². The molecule has 110 valence electrons. The normalized spacial score (nSPS) is 14.1. The number of furan rings is 1. The van der Waals surface area contributed by atoms with Crippen molar-refractivity contribution in [2.75, 3.05) is 13.7 Å². The highest BCUT2D eigenvalue weighted by Crippen LogP contribution is 2.23. The van der Waals surface area contributed by atoms with Gasteiger partial charge in [-0.2, -0.15) is 0 Å². The number of carbonyl (C=O) groups is 1. The maximum atomic E-state index is 12.4. The summed E-state index contributed by atoms with van der Waals surface area (Å²) in [6, 6.07) is 3.54. The molecule has 0 unspecified atom stereocenters. The van der Waals surface area contributed by atoms with E-state index in [0.29, 0.717) is 25.5 Å². The average Bonchev–Trinajstić information content (AvgIpc) is 2.93. The van der Waals surface area contributed by atoms with Crippen molar-refractivity contribution in [3.05, 3.63) is 52.7 Å². The number of pyridine rings is 1. The molecular formula is C16H18N2O3. The molecule has 1 amide bonds. The number of hydrogen-bond donors (Lipinski definition) is 0. The van der Waals surface area contributed by atoms with Gasteiger partial charge in [0.2, 0.25) is 0 Å². The van der Waals surface area contributed by atoms with Crippen molar-refractivity contribution in [3.63, 3.8) is 0 Å². The van der Waals surface area contributed by atoms with Crippen LogP contribution in [0.1, 0.15) is 33.0 Å². The van der Waals surface area contributed by atoms with Gasteiger partial charge in [-0.25, -0.2) is 0 Å². The van der Waals surface area contributed by atoms with E-state index in [0.717, 1.165) is 23.3 Å². The van der Waals surface area contributed by atoms with Crippen molar-refractivity contribution >= 4 is 5.91 Å². The summed E-state index contributed by atoms with van der Waals surface area (Å²) >= 11 is 0. The first-order chi connectivity index (χ1) is 10.2. The maximum Gasteiger partial charge on any atom is 0.289 e. The van der Waals surface area contributed by atoms with E-state index >= 15 is 0 Å². The molecule has 0 spiro atoms. The second-order valence-electron chi connectivity index (χ2n) is 5.26. The highest BCUT2D eigenvalue weighted by molar-refractivity contribution is 5.91. The average molecular weight is 286 g/mol. The van der Waals surface area contributed by atoms with Crippen LogP contribution in [-0.4, -0.2) is 29.4 Å². The first-order valence-corrected chi connectivity index (χ1v) is 6.98. The van der Waals surface area contributed by atoms with Crippen molar-refractivity contribution in [1.82, 2.24) is 9.88 Å². The number of nitrogens with zero attached hydrogens (tertiary/aromatic N) is 2. The van der Waals surface area contributed by atoms with Gasteiger partial charge in [-0.3, -0.25) is 9.78 Å². The number of fused-ring (bicyclic) bond motifs is 1. The second-order valence-corrected chi connectivity index (χ2v) is 5.26. The fourth-order valence-electron chi connectivity index (χ4n) is 2.73. The number of carbonyl (C=O) groups excluding carboxylic acids is 1. The Morgan fingerprint density at radius 2 is 2.29 bits per heavy atom. The van der Waals surface area contributed by atoms with Crippen LogP contribution in [0.3, 0.4) is 0 Å². The monoisotopic (exact) mass is 286 g/mol. The minimum absolute atomic E-state index is 0.0640. The highest BCUT2D eigenvalue weighted by Gasteiger charge is 2.25. The molecule has 5 nitrogen and oxygen atoms in total. The van der Waals surface area contributed by atoms with E-state index in [9.17, 15) is 4.79 Å². The van der Waals surface area contributed by atoms with Crippen LogP contribution in [0.2, 0.25) is 0 Å². The first-order valence-electron chi connectivity index (χ1n) is 6.98. The Hall–Kier alpha value is -2.14. The Labute approximate surface area is 123 Å². The Morgan fingerprint density at radius 1 is 1.43 bits per heavy atom. The lowest BCUT2D eigenvalue weighted by Gasteiger charge is -2.29. The van der Waals surface area contributed by atoms with Gasteiger partial charge in [0.25, 0.3) is 5.91 Å². The molecule has 3 rings (SSSR count). The molecule has 0 N–H and O–H groups in total. The first kappa shape index (κ1) is 13.8. The smallest absolute Gasteiger partial charge is 0.289 e. The van der Waals surface area contributed by atoms with Crippen molar-refractivity contribution in [2.24, 2.45) is 0 Å². The molecule has 1 aliphatic heterocycles. The summed E-state index contributed by atoms with van der Waals surface area (Å²) in [6.07, 6.45) is 4.50. The van der Waals surface area contributed by atoms with E-state index < -0.39 is 0 Å². The van der Waals surface area contributed by atoms with Gasteiger partial charge < -0.3 is 14.1 Å². The fourth-order valence-corrected chi connectivity index (χ4v) is 2.73. The van der Waals surface area contributed by atoms with Crippen LogP contribution in [-0.2, 0) is 24.3 Å². The molecule has 0 aromatic carbocycles. The predicted octanol–water partition coefficient (Wildman–Crippen LogP) is 2.33. The third kappa shape index (κ3) is 2.69. The molecule has 0 saturated heterocycles. The third-order valence-corrected chi connectivity index (χ3v) is 3.77. The Kier molecular flexibility index (Phi) is 3.75.